The molecule has 6 nitrogen and oxygen atoms in total. The smallest absolute Gasteiger partial charge is 0.274 e. The molecular formula is C18H24N3O3+. The summed E-state index contributed by atoms with van der Waals surface area (Å²) in [6.07, 6.45) is 2.70. The zero-order valence-electron chi connectivity index (χ0n) is 14.9. The van der Waals surface area contributed by atoms with E-state index in [9.17, 15) is 9.90 Å². The van der Waals surface area contributed by atoms with E-state index >= 15 is 0 Å². The van der Waals surface area contributed by atoms with E-state index in [4.69, 9.17) is 4.74 Å². The summed E-state index contributed by atoms with van der Waals surface area (Å²) in [5.41, 5.74) is 3.59. The number of fused-ring (bicyclic) bond motifs is 1. The number of phenolic OH excluding ortho intramolecular Hbond substituents is 1. The van der Waals surface area contributed by atoms with Gasteiger partial charge < -0.3 is 9.84 Å². The molecule has 1 N–H and O–H groups in total. The van der Waals surface area contributed by atoms with Gasteiger partial charge in [0.25, 0.3) is 5.82 Å². The van der Waals surface area contributed by atoms with Crippen molar-refractivity contribution in [3.63, 3.8) is 0 Å². The molecule has 1 aliphatic heterocycles. The topological polar surface area (TPSA) is 68.2 Å². The number of aromatic nitrogens is 3. The largest absolute Gasteiger partial charge is 0.507 e. The summed E-state index contributed by atoms with van der Waals surface area (Å²) in [5, 5.41) is 14.5. The Morgan fingerprint density at radius 2 is 2.04 bits per heavy atom. The van der Waals surface area contributed by atoms with E-state index in [2.05, 4.69) is 5.10 Å². The molecule has 1 aliphatic rings. The normalized spacial score (nSPS) is 16.6. The minimum absolute atomic E-state index is 0.0199. The first-order chi connectivity index (χ1) is 11.3. The Hall–Kier alpha value is -2.37. The Bertz CT molecular complexity index is 804. The minimum atomic E-state index is -0.464. The predicted octanol–water partition coefficient (Wildman–Crippen LogP) is 1.61. The first-order valence-corrected chi connectivity index (χ1v) is 8.20. The first-order valence-electron chi connectivity index (χ1n) is 8.20. The van der Waals surface area contributed by atoms with Crippen LogP contribution in [0.25, 0.3) is 0 Å². The molecule has 0 amide bonds. The molecule has 0 saturated heterocycles. The van der Waals surface area contributed by atoms with Gasteiger partial charge >= 0.3 is 0 Å². The van der Waals surface area contributed by atoms with Crippen molar-refractivity contribution in [3.05, 3.63) is 34.4 Å². The predicted molar refractivity (Wildman–Crippen MR) is 88.2 cm³/mol. The molecule has 1 unspecified atom stereocenters. The van der Waals surface area contributed by atoms with Crippen molar-refractivity contribution in [3.8, 4) is 11.5 Å². The number of ether oxygens (including phenoxy) is 1. The lowest BCUT2D eigenvalue weighted by Gasteiger charge is -2.28. The van der Waals surface area contributed by atoms with E-state index in [1.165, 1.54) is 0 Å². The standard InChI is InChI=1S/C18H23N3O3/c1-10-11(2)18-14(12(3)17(10)23)6-7-16(24-18)15(22)8-21-9-20(5)13(4)19-21/h9,16H,6-8H2,1-5H3/p+1. The van der Waals surface area contributed by atoms with Crippen LogP contribution in [0.15, 0.2) is 6.33 Å². The van der Waals surface area contributed by atoms with E-state index in [0.717, 1.165) is 40.2 Å². The Kier molecular flexibility index (Phi) is 4.07. The SMILES string of the molecule is Cc1c(C)c2c(c(C)c1O)CCC(C(=O)Cn1c[n+](C)c(C)n1)O2. The van der Waals surface area contributed by atoms with Gasteiger partial charge in [-0.15, -0.1) is 4.68 Å². The number of ketones is 1. The maximum absolute atomic E-state index is 12.6. The molecule has 1 atom stereocenters. The Labute approximate surface area is 141 Å². The summed E-state index contributed by atoms with van der Waals surface area (Å²) < 4.78 is 9.57. The van der Waals surface area contributed by atoms with Gasteiger partial charge in [0, 0.05) is 17.6 Å². The van der Waals surface area contributed by atoms with E-state index in [1.807, 2.05) is 45.6 Å². The number of Topliss-reactive ketones (excluding diaryl/α,β-unsaturated/α-hetero) is 1. The fourth-order valence-electron chi connectivity index (χ4n) is 3.24. The molecule has 0 aliphatic carbocycles. The highest BCUT2D eigenvalue weighted by molar-refractivity contribution is 5.83. The van der Waals surface area contributed by atoms with Crippen LogP contribution in [0.5, 0.6) is 11.5 Å². The molecule has 1 aromatic carbocycles. The molecule has 2 heterocycles. The Morgan fingerprint density at radius 1 is 1.33 bits per heavy atom. The van der Waals surface area contributed by atoms with E-state index in [1.54, 1.807) is 4.68 Å². The lowest BCUT2D eigenvalue weighted by Crippen LogP contribution is -2.35. The summed E-state index contributed by atoms with van der Waals surface area (Å²) in [5.74, 6) is 1.97. The van der Waals surface area contributed by atoms with Crippen LogP contribution in [0.2, 0.25) is 0 Å². The van der Waals surface area contributed by atoms with Gasteiger partial charge in [-0.05, 0) is 50.3 Å². The second kappa shape index (κ2) is 5.92. The number of nitrogens with zero attached hydrogens (tertiary/aromatic N) is 3. The lowest BCUT2D eigenvalue weighted by atomic mass is 9.91. The van der Waals surface area contributed by atoms with Crippen molar-refractivity contribution in [1.82, 2.24) is 9.78 Å². The Morgan fingerprint density at radius 3 is 2.67 bits per heavy atom. The summed E-state index contributed by atoms with van der Waals surface area (Å²) in [6.45, 7) is 7.81. The number of carbonyl (C=O) groups is 1. The van der Waals surface area contributed by atoms with Crippen molar-refractivity contribution in [2.24, 2.45) is 7.05 Å². The van der Waals surface area contributed by atoms with Gasteiger partial charge in [0.1, 0.15) is 11.5 Å². The summed E-state index contributed by atoms with van der Waals surface area (Å²) in [4.78, 5) is 12.6. The van der Waals surface area contributed by atoms with Gasteiger partial charge in [0.2, 0.25) is 12.1 Å². The number of benzene rings is 1. The second-order valence-corrected chi connectivity index (χ2v) is 6.61. The number of aryl methyl sites for hydroxylation is 2. The van der Waals surface area contributed by atoms with Crippen molar-refractivity contribution >= 4 is 5.78 Å². The third kappa shape index (κ3) is 2.66. The molecule has 6 heteroatoms. The van der Waals surface area contributed by atoms with E-state index in [0.29, 0.717) is 12.2 Å². The van der Waals surface area contributed by atoms with Crippen molar-refractivity contribution in [2.75, 3.05) is 0 Å². The van der Waals surface area contributed by atoms with Crippen LogP contribution in [0.1, 0.15) is 34.5 Å². The molecule has 0 fully saturated rings. The molecular weight excluding hydrogens is 306 g/mol. The summed E-state index contributed by atoms with van der Waals surface area (Å²) >= 11 is 0. The van der Waals surface area contributed by atoms with E-state index < -0.39 is 6.10 Å². The first kappa shape index (κ1) is 16.5. The molecule has 1 aromatic heterocycles. The van der Waals surface area contributed by atoms with E-state index in [-0.39, 0.29) is 12.3 Å². The molecule has 24 heavy (non-hydrogen) atoms. The molecule has 0 spiro atoms. The van der Waals surface area contributed by atoms with Crippen molar-refractivity contribution < 1.29 is 19.2 Å². The van der Waals surface area contributed by atoms with Crippen LogP contribution in [0, 0.1) is 27.7 Å². The third-order valence-electron chi connectivity index (χ3n) is 5.02. The number of aromatic hydroxyl groups is 1. The molecule has 0 radical (unpaired) electrons. The fourth-order valence-corrected chi connectivity index (χ4v) is 3.24. The number of hydrogen-bond acceptors (Lipinski definition) is 4. The minimum Gasteiger partial charge on any atom is -0.507 e. The van der Waals surface area contributed by atoms with Gasteiger partial charge in [-0.3, -0.25) is 4.79 Å². The number of carbonyl (C=O) groups excluding carboxylic acids is 1. The zero-order valence-corrected chi connectivity index (χ0v) is 14.9. The third-order valence-corrected chi connectivity index (χ3v) is 5.02. The maximum Gasteiger partial charge on any atom is 0.274 e. The van der Waals surface area contributed by atoms with Gasteiger partial charge in [-0.2, -0.15) is 0 Å². The Balaban J connectivity index is 1.83. The van der Waals surface area contributed by atoms with Gasteiger partial charge in [-0.25, -0.2) is 4.57 Å². The highest BCUT2D eigenvalue weighted by Crippen LogP contribution is 2.40. The zero-order chi connectivity index (χ0) is 17.6. The monoisotopic (exact) mass is 330 g/mol. The number of phenols is 1. The van der Waals surface area contributed by atoms with Crippen LogP contribution in [-0.4, -0.2) is 26.8 Å². The maximum atomic E-state index is 12.6. The van der Waals surface area contributed by atoms with Gasteiger partial charge in [0.05, 0.1) is 7.05 Å². The molecule has 0 bridgehead atoms. The molecule has 0 saturated carbocycles. The van der Waals surface area contributed by atoms with Crippen LogP contribution in [-0.2, 0) is 24.8 Å². The molecule has 2 aromatic rings. The lowest BCUT2D eigenvalue weighted by molar-refractivity contribution is -0.678. The number of hydrogen-bond donors (Lipinski definition) is 1. The summed E-state index contributed by atoms with van der Waals surface area (Å²) in [7, 11) is 1.90. The highest BCUT2D eigenvalue weighted by Gasteiger charge is 2.31. The summed E-state index contributed by atoms with van der Waals surface area (Å²) in [6, 6.07) is 0. The second-order valence-electron chi connectivity index (χ2n) is 6.61. The highest BCUT2D eigenvalue weighted by atomic mass is 16.5. The van der Waals surface area contributed by atoms with Crippen LogP contribution in [0.4, 0.5) is 0 Å². The number of rotatable bonds is 3. The van der Waals surface area contributed by atoms with Crippen LogP contribution >= 0.6 is 0 Å². The van der Waals surface area contributed by atoms with Crippen LogP contribution < -0.4 is 9.30 Å². The average Bonchev–Trinajstić information content (AvgIpc) is 2.87. The fraction of sp³-hybridized carbons (Fsp3) is 0.500. The van der Waals surface area contributed by atoms with Gasteiger partial charge in [0.15, 0.2) is 12.6 Å². The van der Waals surface area contributed by atoms with Crippen molar-refractivity contribution in [1.29, 1.82) is 0 Å². The van der Waals surface area contributed by atoms with Crippen LogP contribution in [0.3, 0.4) is 0 Å². The van der Waals surface area contributed by atoms with Crippen molar-refractivity contribution in [2.45, 2.75) is 53.2 Å². The molecule has 128 valence electrons. The average molecular weight is 330 g/mol. The van der Waals surface area contributed by atoms with Gasteiger partial charge in [-0.1, -0.05) is 0 Å². The quantitative estimate of drug-likeness (QED) is 0.868. The molecule has 3 rings (SSSR count).